The molecule has 0 aromatic heterocycles. The van der Waals surface area contributed by atoms with Gasteiger partial charge in [-0.2, -0.15) is 0 Å². The van der Waals surface area contributed by atoms with Gasteiger partial charge in [0.05, 0.1) is 13.2 Å². The van der Waals surface area contributed by atoms with Crippen LogP contribution in [-0.4, -0.2) is 25.1 Å². The predicted octanol–water partition coefficient (Wildman–Crippen LogP) is 4.80. The van der Waals surface area contributed by atoms with Crippen molar-refractivity contribution in [2.75, 3.05) is 13.2 Å². The maximum Gasteiger partial charge on any atom is 0.130 e. The van der Waals surface area contributed by atoms with E-state index in [2.05, 4.69) is 30.9 Å². The summed E-state index contributed by atoms with van der Waals surface area (Å²) < 4.78 is 11.4. The van der Waals surface area contributed by atoms with Gasteiger partial charge >= 0.3 is 0 Å². The van der Waals surface area contributed by atoms with E-state index in [1.54, 1.807) is 6.92 Å². The third kappa shape index (κ3) is 6.55. The Morgan fingerprint density at radius 2 is 1.61 bits per heavy atom. The topological polar surface area (TPSA) is 35.5 Å². The molecule has 1 atom stereocenters. The molecule has 1 aliphatic heterocycles. The summed E-state index contributed by atoms with van der Waals surface area (Å²) in [4.78, 5) is 11.2. The molecule has 1 unspecified atom stereocenters. The first kappa shape index (κ1) is 20.2. The predicted molar refractivity (Wildman–Crippen MR) is 111 cm³/mol. The van der Waals surface area contributed by atoms with E-state index in [9.17, 15) is 4.79 Å². The maximum atomic E-state index is 11.2. The minimum atomic E-state index is 0.249. The average molecular weight is 376 g/mol. The van der Waals surface area contributed by atoms with E-state index in [0.717, 1.165) is 49.4 Å². The van der Waals surface area contributed by atoms with E-state index in [0.29, 0.717) is 12.3 Å². The molecule has 1 heterocycles. The van der Waals surface area contributed by atoms with Gasteiger partial charge < -0.3 is 14.3 Å². The molecule has 3 rings (SSSR count). The lowest BCUT2D eigenvalue weighted by atomic mass is 9.96. The third-order valence-electron chi connectivity index (χ3n) is 4.85. The second-order valence-corrected chi connectivity index (χ2v) is 7.62. The highest BCUT2D eigenvalue weighted by atomic mass is 16.5. The Labute approximate surface area is 168 Å². The Balaban J connectivity index is 1.54. The van der Waals surface area contributed by atoms with Crippen LogP contribution in [0.5, 0.6) is 5.75 Å². The second-order valence-electron chi connectivity index (χ2n) is 7.62. The lowest BCUT2D eigenvalue weighted by Crippen LogP contribution is -2.25. The molecule has 146 valence electrons. The van der Waals surface area contributed by atoms with Gasteiger partial charge in [-0.05, 0) is 61.2 Å². The van der Waals surface area contributed by atoms with Crippen molar-refractivity contribution in [3.05, 3.63) is 65.2 Å². The second kappa shape index (κ2) is 10.1. The summed E-state index contributed by atoms with van der Waals surface area (Å²) in [6, 6.07) is 16.3. The van der Waals surface area contributed by atoms with Gasteiger partial charge in [0.15, 0.2) is 0 Å². The van der Waals surface area contributed by atoms with Crippen LogP contribution in [0.15, 0.2) is 48.5 Å². The van der Waals surface area contributed by atoms with Gasteiger partial charge in [-0.1, -0.05) is 30.9 Å². The number of carbonyl (C=O) groups is 1. The van der Waals surface area contributed by atoms with Gasteiger partial charge in [0, 0.05) is 30.4 Å². The van der Waals surface area contributed by atoms with Crippen LogP contribution in [-0.2, 0) is 16.0 Å². The fourth-order valence-electron chi connectivity index (χ4n) is 3.44. The van der Waals surface area contributed by atoms with Gasteiger partial charge in [-0.3, -0.25) is 0 Å². The zero-order valence-corrected chi connectivity index (χ0v) is 16.7. The number of benzene rings is 2. The smallest absolute Gasteiger partial charge is 0.130 e. The van der Waals surface area contributed by atoms with Crippen LogP contribution in [0.25, 0.3) is 0 Å². The Bertz CT molecular complexity index is 819. The number of hydrogen-bond donors (Lipinski definition) is 0. The van der Waals surface area contributed by atoms with Crippen molar-refractivity contribution in [2.24, 2.45) is 5.92 Å². The van der Waals surface area contributed by atoms with Crippen LogP contribution in [0, 0.1) is 17.8 Å². The Hall–Kier alpha value is -2.57. The standard InChI is InChI=1S/C25H28O3/c1-19(17-20(2)26)18-23-7-5-21(6-8-23)3-4-22-9-11-24(12-10-22)28-25-13-15-27-16-14-25/h5-12,19,25H,13-18H2,1-2H3. The first-order chi connectivity index (χ1) is 13.6. The summed E-state index contributed by atoms with van der Waals surface area (Å²) in [5.74, 6) is 7.93. The Kier molecular flexibility index (Phi) is 7.28. The molecule has 0 saturated carbocycles. The molecule has 0 N–H and O–H groups in total. The van der Waals surface area contributed by atoms with Crippen molar-refractivity contribution in [3.63, 3.8) is 0 Å². The number of Topliss-reactive ketones (excluding diaryl/α,β-unsaturated/α-hetero) is 1. The van der Waals surface area contributed by atoms with Crippen LogP contribution < -0.4 is 4.74 Å². The zero-order chi connectivity index (χ0) is 19.8. The van der Waals surface area contributed by atoms with E-state index in [1.807, 2.05) is 36.4 Å². The number of hydrogen-bond acceptors (Lipinski definition) is 3. The molecule has 0 amide bonds. The Morgan fingerprint density at radius 3 is 2.18 bits per heavy atom. The van der Waals surface area contributed by atoms with Crippen LogP contribution in [0.1, 0.15) is 49.8 Å². The van der Waals surface area contributed by atoms with Crippen molar-refractivity contribution in [1.29, 1.82) is 0 Å². The van der Waals surface area contributed by atoms with Crippen molar-refractivity contribution < 1.29 is 14.3 Å². The molecular weight excluding hydrogens is 348 g/mol. The third-order valence-corrected chi connectivity index (χ3v) is 4.85. The van der Waals surface area contributed by atoms with Crippen LogP contribution in [0.3, 0.4) is 0 Å². The van der Waals surface area contributed by atoms with Gasteiger partial charge in [0.25, 0.3) is 0 Å². The molecule has 1 aliphatic rings. The van der Waals surface area contributed by atoms with Crippen LogP contribution in [0.4, 0.5) is 0 Å². The summed E-state index contributed by atoms with van der Waals surface area (Å²) >= 11 is 0. The fourth-order valence-corrected chi connectivity index (χ4v) is 3.44. The van der Waals surface area contributed by atoms with Crippen LogP contribution in [0.2, 0.25) is 0 Å². The highest BCUT2D eigenvalue weighted by Gasteiger charge is 2.14. The van der Waals surface area contributed by atoms with Gasteiger partial charge in [-0.15, -0.1) is 0 Å². The molecule has 3 nitrogen and oxygen atoms in total. The molecule has 0 radical (unpaired) electrons. The molecule has 2 aromatic carbocycles. The molecular formula is C25H28O3. The molecule has 0 bridgehead atoms. The number of ketones is 1. The van der Waals surface area contributed by atoms with E-state index in [-0.39, 0.29) is 11.9 Å². The van der Waals surface area contributed by atoms with Gasteiger partial charge in [0.1, 0.15) is 17.6 Å². The number of ether oxygens (including phenoxy) is 2. The van der Waals surface area contributed by atoms with E-state index in [4.69, 9.17) is 9.47 Å². The minimum Gasteiger partial charge on any atom is -0.490 e. The van der Waals surface area contributed by atoms with Crippen molar-refractivity contribution in [2.45, 2.75) is 45.6 Å². The van der Waals surface area contributed by atoms with Crippen LogP contribution >= 0.6 is 0 Å². The van der Waals surface area contributed by atoms with E-state index >= 15 is 0 Å². The maximum absolute atomic E-state index is 11.2. The van der Waals surface area contributed by atoms with Crippen molar-refractivity contribution in [1.82, 2.24) is 0 Å². The highest BCUT2D eigenvalue weighted by Crippen LogP contribution is 2.18. The lowest BCUT2D eigenvalue weighted by Gasteiger charge is -2.23. The number of rotatable bonds is 6. The molecule has 1 saturated heterocycles. The number of carbonyl (C=O) groups excluding carboxylic acids is 1. The lowest BCUT2D eigenvalue weighted by molar-refractivity contribution is -0.117. The SMILES string of the molecule is CC(=O)CC(C)Cc1ccc(C#Cc2ccc(OC3CCOCC3)cc2)cc1. The molecule has 1 fully saturated rings. The summed E-state index contributed by atoms with van der Waals surface area (Å²) in [5, 5.41) is 0. The summed E-state index contributed by atoms with van der Waals surface area (Å²) in [6.45, 7) is 5.33. The molecule has 3 heteroatoms. The van der Waals surface area contributed by atoms with E-state index < -0.39 is 0 Å². The molecule has 0 spiro atoms. The normalized spacial score (nSPS) is 15.4. The molecule has 2 aromatic rings. The van der Waals surface area contributed by atoms with Gasteiger partial charge in [-0.25, -0.2) is 0 Å². The highest BCUT2D eigenvalue weighted by molar-refractivity contribution is 5.75. The monoisotopic (exact) mass is 376 g/mol. The summed E-state index contributed by atoms with van der Waals surface area (Å²) in [6.07, 6.45) is 3.70. The fraction of sp³-hybridized carbons (Fsp3) is 0.400. The molecule has 28 heavy (non-hydrogen) atoms. The van der Waals surface area contributed by atoms with Crippen molar-refractivity contribution in [3.8, 4) is 17.6 Å². The van der Waals surface area contributed by atoms with Crippen molar-refractivity contribution >= 4 is 5.78 Å². The first-order valence-corrected chi connectivity index (χ1v) is 10.0. The molecule has 0 aliphatic carbocycles. The van der Waals surface area contributed by atoms with E-state index in [1.165, 1.54) is 5.56 Å². The summed E-state index contributed by atoms with van der Waals surface area (Å²) in [7, 11) is 0. The van der Waals surface area contributed by atoms with Gasteiger partial charge in [0.2, 0.25) is 0 Å². The largest absolute Gasteiger partial charge is 0.490 e. The Morgan fingerprint density at radius 1 is 1.04 bits per heavy atom. The average Bonchev–Trinajstić information content (AvgIpc) is 2.69. The minimum absolute atomic E-state index is 0.249. The first-order valence-electron chi connectivity index (χ1n) is 10.0. The zero-order valence-electron chi connectivity index (χ0n) is 16.7. The quantitative estimate of drug-likeness (QED) is 0.679. The summed E-state index contributed by atoms with van der Waals surface area (Å²) in [5.41, 5.74) is 3.21.